The van der Waals surface area contributed by atoms with Crippen molar-refractivity contribution in [2.45, 2.75) is 58.3 Å². The second-order valence-electron chi connectivity index (χ2n) is 4.06. The van der Waals surface area contributed by atoms with Gasteiger partial charge in [0, 0.05) is 13.6 Å². The van der Waals surface area contributed by atoms with E-state index < -0.39 is 0 Å². The Morgan fingerprint density at radius 1 is 0.929 bits per heavy atom. The van der Waals surface area contributed by atoms with E-state index in [4.69, 9.17) is 0 Å². The first-order valence-electron chi connectivity index (χ1n) is 5.96. The van der Waals surface area contributed by atoms with Crippen molar-refractivity contribution >= 4 is 6.41 Å². The molecule has 0 aliphatic carbocycles. The Morgan fingerprint density at radius 2 is 1.43 bits per heavy atom. The van der Waals surface area contributed by atoms with E-state index in [1.54, 1.807) is 4.90 Å². The Morgan fingerprint density at radius 3 is 1.93 bits per heavy atom. The van der Waals surface area contributed by atoms with E-state index in [2.05, 4.69) is 6.92 Å². The van der Waals surface area contributed by atoms with Crippen molar-refractivity contribution < 1.29 is 4.79 Å². The Labute approximate surface area is 88.7 Å². The van der Waals surface area contributed by atoms with Crippen LogP contribution in [0.1, 0.15) is 58.3 Å². The molecule has 0 aliphatic heterocycles. The number of hydrogen-bond donors (Lipinski definition) is 0. The maximum atomic E-state index is 10.3. The summed E-state index contributed by atoms with van der Waals surface area (Å²) in [7, 11) is 1.84. The highest BCUT2D eigenvalue weighted by Gasteiger charge is 1.94. The van der Waals surface area contributed by atoms with Crippen LogP contribution in [0.25, 0.3) is 0 Å². The number of carbonyl (C=O) groups is 1. The Kier molecular flexibility index (Phi) is 10.2. The number of nitrogens with zero attached hydrogens (tertiary/aromatic N) is 1. The third kappa shape index (κ3) is 9.56. The molecule has 14 heavy (non-hydrogen) atoms. The van der Waals surface area contributed by atoms with E-state index in [-0.39, 0.29) is 0 Å². The predicted molar refractivity (Wildman–Crippen MR) is 61.3 cm³/mol. The molecule has 84 valence electrons. The van der Waals surface area contributed by atoms with Gasteiger partial charge in [-0.25, -0.2) is 0 Å². The van der Waals surface area contributed by atoms with Crippen LogP contribution < -0.4 is 0 Å². The van der Waals surface area contributed by atoms with Gasteiger partial charge in [-0.15, -0.1) is 0 Å². The Balaban J connectivity index is 2.95. The molecular weight excluding hydrogens is 174 g/mol. The van der Waals surface area contributed by atoms with Crippen molar-refractivity contribution in [2.24, 2.45) is 0 Å². The molecule has 0 aromatic rings. The lowest BCUT2D eigenvalue weighted by Crippen LogP contribution is -2.16. The quantitative estimate of drug-likeness (QED) is 0.391. The standard InChI is InChI=1S/C12H25NO/c1-3-4-5-6-7-8-9-10-11-13(2)12-14/h12H,3-11H2,1-2H3. The van der Waals surface area contributed by atoms with E-state index in [9.17, 15) is 4.79 Å². The summed E-state index contributed by atoms with van der Waals surface area (Å²) in [6, 6.07) is 0. The van der Waals surface area contributed by atoms with Crippen LogP contribution >= 0.6 is 0 Å². The van der Waals surface area contributed by atoms with E-state index in [1.807, 2.05) is 7.05 Å². The molecule has 0 saturated heterocycles. The van der Waals surface area contributed by atoms with Gasteiger partial charge in [-0.2, -0.15) is 0 Å². The van der Waals surface area contributed by atoms with E-state index >= 15 is 0 Å². The number of unbranched alkanes of at least 4 members (excludes halogenated alkanes) is 7. The third-order valence-electron chi connectivity index (χ3n) is 2.54. The maximum absolute atomic E-state index is 10.3. The Hall–Kier alpha value is -0.530. The molecule has 0 aromatic heterocycles. The summed E-state index contributed by atoms with van der Waals surface area (Å²) in [5.41, 5.74) is 0. The second kappa shape index (κ2) is 10.6. The van der Waals surface area contributed by atoms with Gasteiger partial charge in [-0.3, -0.25) is 4.79 Å². The smallest absolute Gasteiger partial charge is 0.209 e. The van der Waals surface area contributed by atoms with Crippen molar-refractivity contribution in [1.29, 1.82) is 0 Å². The van der Waals surface area contributed by atoms with Gasteiger partial charge >= 0.3 is 0 Å². The molecular formula is C12H25NO. The van der Waals surface area contributed by atoms with Gasteiger partial charge in [-0.1, -0.05) is 51.9 Å². The summed E-state index contributed by atoms with van der Waals surface area (Å²) in [4.78, 5) is 12.0. The first-order valence-corrected chi connectivity index (χ1v) is 5.96. The molecule has 0 atom stereocenters. The van der Waals surface area contributed by atoms with Crippen molar-refractivity contribution in [3.05, 3.63) is 0 Å². The lowest BCUT2D eigenvalue weighted by atomic mass is 10.1. The summed E-state index contributed by atoms with van der Waals surface area (Å²) in [6.07, 6.45) is 11.5. The SMILES string of the molecule is CCCCCCCCCCN(C)C=O. The lowest BCUT2D eigenvalue weighted by molar-refractivity contribution is -0.117. The van der Waals surface area contributed by atoms with Crippen LogP contribution in [0.4, 0.5) is 0 Å². The third-order valence-corrected chi connectivity index (χ3v) is 2.54. The van der Waals surface area contributed by atoms with Crippen molar-refractivity contribution in [1.82, 2.24) is 4.90 Å². The predicted octanol–water partition coefficient (Wildman–Crippen LogP) is 3.22. The maximum Gasteiger partial charge on any atom is 0.209 e. The van der Waals surface area contributed by atoms with E-state index in [0.717, 1.165) is 19.4 Å². The van der Waals surface area contributed by atoms with Crippen LogP contribution in [0.5, 0.6) is 0 Å². The number of rotatable bonds is 10. The zero-order chi connectivity index (χ0) is 10.6. The number of hydrogen-bond acceptors (Lipinski definition) is 1. The molecule has 0 heterocycles. The molecule has 0 unspecified atom stereocenters. The lowest BCUT2D eigenvalue weighted by Gasteiger charge is -2.09. The summed E-state index contributed by atoms with van der Waals surface area (Å²) in [5.74, 6) is 0. The highest BCUT2D eigenvalue weighted by atomic mass is 16.1. The van der Waals surface area contributed by atoms with Gasteiger partial charge in [0.15, 0.2) is 0 Å². The number of amides is 1. The molecule has 0 radical (unpaired) electrons. The molecule has 0 fully saturated rings. The molecule has 0 N–H and O–H groups in total. The second-order valence-corrected chi connectivity index (χ2v) is 4.06. The average Bonchev–Trinajstić information content (AvgIpc) is 2.21. The monoisotopic (exact) mass is 199 g/mol. The fourth-order valence-electron chi connectivity index (χ4n) is 1.55. The molecule has 0 aliphatic rings. The Bertz CT molecular complexity index is 125. The normalized spacial score (nSPS) is 10.1. The van der Waals surface area contributed by atoms with Crippen LogP contribution in [0.3, 0.4) is 0 Å². The van der Waals surface area contributed by atoms with Crippen LogP contribution in [-0.4, -0.2) is 24.9 Å². The molecule has 2 nitrogen and oxygen atoms in total. The van der Waals surface area contributed by atoms with Crippen molar-refractivity contribution in [2.75, 3.05) is 13.6 Å². The summed E-state index contributed by atoms with van der Waals surface area (Å²) in [5, 5.41) is 0. The minimum atomic E-state index is 0.904. The fraction of sp³-hybridized carbons (Fsp3) is 0.917. The molecule has 2 heteroatoms. The molecule has 0 bridgehead atoms. The zero-order valence-corrected chi connectivity index (χ0v) is 9.80. The van der Waals surface area contributed by atoms with Gasteiger partial charge < -0.3 is 4.90 Å². The van der Waals surface area contributed by atoms with Gasteiger partial charge in [0.05, 0.1) is 0 Å². The van der Waals surface area contributed by atoms with Crippen LogP contribution in [0.15, 0.2) is 0 Å². The highest BCUT2D eigenvalue weighted by Crippen LogP contribution is 2.08. The largest absolute Gasteiger partial charge is 0.348 e. The van der Waals surface area contributed by atoms with Crippen molar-refractivity contribution in [3.8, 4) is 0 Å². The van der Waals surface area contributed by atoms with E-state index in [0.29, 0.717) is 0 Å². The summed E-state index contributed by atoms with van der Waals surface area (Å²) < 4.78 is 0. The van der Waals surface area contributed by atoms with Crippen LogP contribution in [0, 0.1) is 0 Å². The minimum absolute atomic E-state index is 0.904. The number of carbonyl (C=O) groups excluding carboxylic acids is 1. The van der Waals surface area contributed by atoms with Gasteiger partial charge in [0.2, 0.25) is 6.41 Å². The van der Waals surface area contributed by atoms with Crippen LogP contribution in [-0.2, 0) is 4.79 Å². The van der Waals surface area contributed by atoms with Crippen molar-refractivity contribution in [3.63, 3.8) is 0 Å². The van der Waals surface area contributed by atoms with Gasteiger partial charge in [-0.05, 0) is 6.42 Å². The molecule has 0 aromatic carbocycles. The van der Waals surface area contributed by atoms with Gasteiger partial charge in [0.25, 0.3) is 0 Å². The molecule has 0 rings (SSSR count). The first kappa shape index (κ1) is 13.5. The molecule has 0 spiro atoms. The van der Waals surface area contributed by atoms with E-state index in [1.165, 1.54) is 44.9 Å². The molecule has 1 amide bonds. The van der Waals surface area contributed by atoms with Crippen LogP contribution in [0.2, 0.25) is 0 Å². The summed E-state index contributed by atoms with van der Waals surface area (Å²) in [6.45, 7) is 3.16. The topological polar surface area (TPSA) is 20.3 Å². The average molecular weight is 199 g/mol. The zero-order valence-electron chi connectivity index (χ0n) is 9.80. The van der Waals surface area contributed by atoms with Gasteiger partial charge in [0.1, 0.15) is 0 Å². The molecule has 0 saturated carbocycles. The fourth-order valence-corrected chi connectivity index (χ4v) is 1.55. The minimum Gasteiger partial charge on any atom is -0.348 e. The summed E-state index contributed by atoms with van der Waals surface area (Å²) >= 11 is 0. The first-order chi connectivity index (χ1) is 6.81. The highest BCUT2D eigenvalue weighted by molar-refractivity contribution is 5.46.